The minimum absolute atomic E-state index is 0.0162. The number of hydrogen-bond acceptors (Lipinski definition) is 3. The second-order valence-corrected chi connectivity index (χ2v) is 5.34. The first-order valence-corrected chi connectivity index (χ1v) is 7.33. The molecule has 3 rings (SSSR count). The van der Waals surface area contributed by atoms with Crippen LogP contribution in [0.1, 0.15) is 33.9 Å². The maximum atomic E-state index is 12.3. The largest absolute Gasteiger partial charge is 0.493 e. The molecule has 0 spiro atoms. The average molecular weight is 297 g/mol. The molecule has 0 heterocycles. The van der Waals surface area contributed by atoms with Gasteiger partial charge in [0.2, 0.25) is 0 Å². The Hall–Kier alpha value is -2.49. The van der Waals surface area contributed by atoms with E-state index in [1.807, 2.05) is 42.5 Å². The highest BCUT2D eigenvalue weighted by Gasteiger charge is 2.26. The fourth-order valence-corrected chi connectivity index (χ4v) is 2.91. The van der Waals surface area contributed by atoms with Crippen LogP contribution in [0.25, 0.3) is 0 Å². The highest BCUT2D eigenvalue weighted by molar-refractivity contribution is 5.94. The van der Waals surface area contributed by atoms with Crippen molar-refractivity contribution in [3.63, 3.8) is 0 Å². The van der Waals surface area contributed by atoms with Gasteiger partial charge < -0.3 is 14.8 Å². The Balaban J connectivity index is 1.84. The lowest BCUT2D eigenvalue weighted by molar-refractivity contribution is 0.0936. The van der Waals surface area contributed by atoms with Crippen LogP contribution in [0.4, 0.5) is 0 Å². The van der Waals surface area contributed by atoms with Gasteiger partial charge in [-0.15, -0.1) is 0 Å². The Labute approximate surface area is 130 Å². The van der Waals surface area contributed by atoms with Crippen LogP contribution in [0.2, 0.25) is 0 Å². The Morgan fingerprint density at radius 3 is 2.45 bits per heavy atom. The molecule has 0 saturated heterocycles. The van der Waals surface area contributed by atoms with Crippen molar-refractivity contribution in [2.24, 2.45) is 0 Å². The van der Waals surface area contributed by atoms with E-state index in [0.29, 0.717) is 11.3 Å². The Bertz CT molecular complexity index is 682. The average Bonchev–Trinajstić information content (AvgIpc) is 2.96. The Morgan fingerprint density at radius 2 is 1.77 bits per heavy atom. The lowest BCUT2D eigenvalue weighted by Crippen LogP contribution is -2.27. The van der Waals surface area contributed by atoms with Crippen LogP contribution < -0.4 is 14.8 Å². The molecule has 0 saturated carbocycles. The van der Waals surface area contributed by atoms with Crippen LogP contribution in [0.3, 0.4) is 0 Å². The van der Waals surface area contributed by atoms with Gasteiger partial charge in [-0.1, -0.05) is 18.2 Å². The molecule has 0 bridgehead atoms. The van der Waals surface area contributed by atoms with Crippen molar-refractivity contribution in [1.82, 2.24) is 5.32 Å². The number of amides is 1. The normalized spacial score (nSPS) is 16.0. The Morgan fingerprint density at radius 1 is 1.09 bits per heavy atom. The summed E-state index contributed by atoms with van der Waals surface area (Å²) in [4.78, 5) is 12.3. The van der Waals surface area contributed by atoms with Crippen LogP contribution in [-0.4, -0.2) is 20.1 Å². The molecule has 0 aromatic heterocycles. The molecule has 0 radical (unpaired) electrons. The van der Waals surface area contributed by atoms with E-state index in [-0.39, 0.29) is 11.9 Å². The zero-order chi connectivity index (χ0) is 15.5. The van der Waals surface area contributed by atoms with E-state index in [0.717, 1.165) is 24.2 Å². The third kappa shape index (κ3) is 2.64. The van der Waals surface area contributed by atoms with Crippen molar-refractivity contribution in [3.05, 3.63) is 59.2 Å². The van der Waals surface area contributed by atoms with Crippen LogP contribution in [0.5, 0.6) is 11.5 Å². The number of aryl methyl sites for hydroxylation is 1. The number of benzene rings is 2. The molecule has 2 aromatic rings. The zero-order valence-corrected chi connectivity index (χ0v) is 12.8. The maximum absolute atomic E-state index is 12.3. The van der Waals surface area contributed by atoms with E-state index in [2.05, 4.69) is 5.32 Å². The molecular weight excluding hydrogens is 278 g/mol. The zero-order valence-electron chi connectivity index (χ0n) is 12.8. The summed E-state index contributed by atoms with van der Waals surface area (Å²) in [7, 11) is 3.25. The first kappa shape index (κ1) is 14.4. The second kappa shape index (κ2) is 6.10. The molecule has 0 fully saturated rings. The maximum Gasteiger partial charge on any atom is 0.251 e. The summed E-state index contributed by atoms with van der Waals surface area (Å²) in [5.41, 5.74) is 2.99. The van der Waals surface area contributed by atoms with Crippen LogP contribution in [-0.2, 0) is 6.42 Å². The van der Waals surface area contributed by atoms with E-state index in [9.17, 15) is 4.79 Å². The molecule has 4 nitrogen and oxygen atoms in total. The summed E-state index contributed by atoms with van der Waals surface area (Å²) >= 11 is 0. The van der Waals surface area contributed by atoms with Crippen LogP contribution in [0, 0.1) is 0 Å². The van der Waals surface area contributed by atoms with Gasteiger partial charge in [-0.05, 0) is 48.2 Å². The SMILES string of the molecule is COc1cc2c(cc1OC)C(NC(=O)c1ccccc1)CC2. The number of nitrogens with one attached hydrogen (secondary N) is 1. The number of ether oxygens (including phenoxy) is 2. The van der Waals surface area contributed by atoms with Crippen molar-refractivity contribution < 1.29 is 14.3 Å². The first-order valence-electron chi connectivity index (χ1n) is 7.33. The van der Waals surface area contributed by atoms with E-state index >= 15 is 0 Å². The predicted octanol–water partition coefficient (Wildman–Crippen LogP) is 3.12. The third-order valence-corrected chi connectivity index (χ3v) is 4.06. The molecule has 1 aliphatic rings. The minimum Gasteiger partial charge on any atom is -0.493 e. The monoisotopic (exact) mass is 297 g/mol. The third-order valence-electron chi connectivity index (χ3n) is 4.06. The van der Waals surface area contributed by atoms with E-state index in [1.165, 1.54) is 5.56 Å². The van der Waals surface area contributed by atoms with Gasteiger partial charge >= 0.3 is 0 Å². The summed E-state index contributed by atoms with van der Waals surface area (Å²) in [6.07, 6.45) is 1.82. The van der Waals surface area contributed by atoms with Crippen molar-refractivity contribution in [2.45, 2.75) is 18.9 Å². The van der Waals surface area contributed by atoms with E-state index < -0.39 is 0 Å². The standard InChI is InChI=1S/C18H19NO3/c1-21-16-10-13-8-9-15(14(13)11-17(16)22-2)19-18(20)12-6-4-3-5-7-12/h3-7,10-11,15H,8-9H2,1-2H3,(H,19,20). The van der Waals surface area contributed by atoms with Crippen molar-refractivity contribution in [1.29, 1.82) is 0 Å². The topological polar surface area (TPSA) is 47.6 Å². The van der Waals surface area contributed by atoms with Gasteiger partial charge in [-0.25, -0.2) is 0 Å². The number of rotatable bonds is 4. The van der Waals surface area contributed by atoms with Gasteiger partial charge in [0.25, 0.3) is 5.91 Å². The predicted molar refractivity (Wildman–Crippen MR) is 84.5 cm³/mol. The number of fused-ring (bicyclic) bond motifs is 1. The van der Waals surface area contributed by atoms with Gasteiger partial charge in [-0.2, -0.15) is 0 Å². The molecule has 1 aliphatic carbocycles. The van der Waals surface area contributed by atoms with Crippen molar-refractivity contribution in [3.8, 4) is 11.5 Å². The molecule has 1 atom stereocenters. The fraction of sp³-hybridized carbons (Fsp3) is 0.278. The quantitative estimate of drug-likeness (QED) is 0.943. The van der Waals surface area contributed by atoms with Crippen molar-refractivity contribution in [2.75, 3.05) is 14.2 Å². The van der Waals surface area contributed by atoms with Gasteiger partial charge in [0.15, 0.2) is 11.5 Å². The molecule has 1 unspecified atom stereocenters. The summed E-state index contributed by atoms with van der Waals surface area (Å²) in [6, 6.07) is 13.3. The van der Waals surface area contributed by atoms with Gasteiger partial charge in [-0.3, -0.25) is 4.79 Å². The molecule has 22 heavy (non-hydrogen) atoms. The van der Waals surface area contributed by atoms with Crippen LogP contribution >= 0.6 is 0 Å². The lowest BCUT2D eigenvalue weighted by Gasteiger charge is -2.16. The number of carbonyl (C=O) groups excluding carboxylic acids is 1. The van der Waals surface area contributed by atoms with E-state index in [4.69, 9.17) is 9.47 Å². The molecule has 0 aliphatic heterocycles. The second-order valence-electron chi connectivity index (χ2n) is 5.34. The summed E-state index contributed by atoms with van der Waals surface area (Å²) < 4.78 is 10.7. The molecular formula is C18H19NO3. The highest BCUT2D eigenvalue weighted by atomic mass is 16.5. The summed E-state index contributed by atoms with van der Waals surface area (Å²) in [5, 5.41) is 3.10. The smallest absolute Gasteiger partial charge is 0.251 e. The molecule has 2 aromatic carbocycles. The van der Waals surface area contributed by atoms with Gasteiger partial charge in [0.1, 0.15) is 0 Å². The van der Waals surface area contributed by atoms with Gasteiger partial charge in [0, 0.05) is 5.56 Å². The number of carbonyl (C=O) groups is 1. The molecule has 1 amide bonds. The summed E-state index contributed by atoms with van der Waals surface area (Å²) in [5.74, 6) is 1.38. The minimum atomic E-state index is -0.0479. The summed E-state index contributed by atoms with van der Waals surface area (Å²) in [6.45, 7) is 0. The first-order chi connectivity index (χ1) is 10.7. The lowest BCUT2D eigenvalue weighted by atomic mass is 10.1. The number of methoxy groups -OCH3 is 2. The van der Waals surface area contributed by atoms with Gasteiger partial charge in [0.05, 0.1) is 20.3 Å². The van der Waals surface area contributed by atoms with E-state index in [1.54, 1.807) is 14.2 Å². The van der Waals surface area contributed by atoms with Crippen LogP contribution in [0.15, 0.2) is 42.5 Å². The Kier molecular flexibility index (Phi) is 4.00. The number of hydrogen-bond donors (Lipinski definition) is 1. The molecule has 1 N–H and O–H groups in total. The van der Waals surface area contributed by atoms with Crippen molar-refractivity contribution >= 4 is 5.91 Å². The molecule has 114 valence electrons. The highest BCUT2D eigenvalue weighted by Crippen LogP contribution is 2.39. The molecule has 4 heteroatoms. The fourth-order valence-electron chi connectivity index (χ4n) is 2.91.